The first kappa shape index (κ1) is 16.1. The quantitative estimate of drug-likeness (QED) is 0.531. The third-order valence-electron chi connectivity index (χ3n) is 3.57. The van der Waals surface area contributed by atoms with E-state index in [1.54, 1.807) is 24.3 Å². The summed E-state index contributed by atoms with van der Waals surface area (Å²) in [4.78, 5) is 22.3. The van der Waals surface area contributed by atoms with E-state index in [1.165, 1.54) is 4.57 Å². The number of aromatic nitrogens is 1. The van der Waals surface area contributed by atoms with E-state index in [0.717, 1.165) is 17.8 Å². The summed E-state index contributed by atoms with van der Waals surface area (Å²) in [6.45, 7) is 0.125. The van der Waals surface area contributed by atoms with Crippen molar-refractivity contribution in [2.45, 2.75) is 6.54 Å². The summed E-state index contributed by atoms with van der Waals surface area (Å²) in [6.07, 6.45) is 1.02. The van der Waals surface area contributed by atoms with Crippen LogP contribution in [0.2, 0.25) is 5.02 Å². The van der Waals surface area contributed by atoms with Crippen LogP contribution in [0.15, 0.2) is 47.4 Å². The second-order valence-corrected chi connectivity index (χ2v) is 5.57. The van der Waals surface area contributed by atoms with E-state index in [0.29, 0.717) is 11.1 Å². The van der Waals surface area contributed by atoms with E-state index in [4.69, 9.17) is 11.6 Å². The molecule has 0 radical (unpaired) electrons. The molecular weight excluding hydrogens is 342 g/mol. The summed E-state index contributed by atoms with van der Waals surface area (Å²) in [5.41, 5.74) is -0.869. The van der Waals surface area contributed by atoms with Crippen molar-refractivity contribution in [3.8, 4) is 0 Å². The molecule has 0 amide bonds. The molecule has 0 spiro atoms. The number of halogens is 3. The van der Waals surface area contributed by atoms with Crippen molar-refractivity contribution in [1.29, 1.82) is 0 Å². The number of pyridine rings is 1. The third-order valence-corrected chi connectivity index (χ3v) is 3.82. The Hall–Kier alpha value is -2.80. The van der Waals surface area contributed by atoms with Gasteiger partial charge in [-0.3, -0.25) is 14.9 Å². The first-order valence-electron chi connectivity index (χ1n) is 6.78. The summed E-state index contributed by atoms with van der Waals surface area (Å²) in [5, 5.41) is 11.3. The summed E-state index contributed by atoms with van der Waals surface area (Å²) < 4.78 is 28.4. The largest absolute Gasteiger partial charge is 0.337 e. The van der Waals surface area contributed by atoms with Crippen LogP contribution in [0, 0.1) is 21.7 Å². The highest BCUT2D eigenvalue weighted by Crippen LogP contribution is 2.21. The molecule has 0 saturated carbocycles. The van der Waals surface area contributed by atoms with Gasteiger partial charge >= 0.3 is 5.69 Å². The second-order valence-electron chi connectivity index (χ2n) is 5.14. The minimum absolute atomic E-state index is 0.0689. The van der Waals surface area contributed by atoms with Crippen LogP contribution in [0.4, 0.5) is 14.5 Å². The van der Waals surface area contributed by atoms with Crippen molar-refractivity contribution in [3.05, 3.63) is 85.2 Å². The fraction of sp³-hybridized carbons (Fsp3) is 0.0625. The molecule has 3 rings (SSSR count). The van der Waals surface area contributed by atoms with Gasteiger partial charge < -0.3 is 4.57 Å². The van der Waals surface area contributed by atoms with Crippen LogP contribution in [0.1, 0.15) is 5.56 Å². The molecule has 2 aromatic carbocycles. The maximum absolute atomic E-state index is 13.6. The molecule has 24 heavy (non-hydrogen) atoms. The van der Waals surface area contributed by atoms with Crippen molar-refractivity contribution < 1.29 is 13.7 Å². The molecule has 0 atom stereocenters. The zero-order valence-electron chi connectivity index (χ0n) is 12.0. The van der Waals surface area contributed by atoms with Crippen molar-refractivity contribution in [2.24, 2.45) is 0 Å². The number of nitrogens with zero attached hydrogens (tertiary/aromatic N) is 2. The molecule has 5 nitrogen and oxygen atoms in total. The van der Waals surface area contributed by atoms with Gasteiger partial charge in [0.25, 0.3) is 5.43 Å². The fourth-order valence-electron chi connectivity index (χ4n) is 2.42. The van der Waals surface area contributed by atoms with Crippen LogP contribution in [0.25, 0.3) is 10.9 Å². The van der Waals surface area contributed by atoms with E-state index < -0.39 is 27.7 Å². The summed E-state index contributed by atoms with van der Waals surface area (Å²) in [5.74, 6) is -2.38. The maximum Gasteiger partial charge on any atom is 0.332 e. The average Bonchev–Trinajstić information content (AvgIpc) is 2.53. The SMILES string of the molecule is O=c1c([N+](=O)[O-])cn(Cc2ccc(Cl)cc2)c2cc(F)c(F)cc12. The predicted octanol–water partition coefficient (Wildman–Crippen LogP) is 3.89. The molecule has 0 aliphatic heterocycles. The van der Waals surface area contributed by atoms with Crippen LogP contribution in [-0.2, 0) is 6.54 Å². The number of nitro groups is 1. The van der Waals surface area contributed by atoms with Gasteiger partial charge in [-0.05, 0) is 23.8 Å². The van der Waals surface area contributed by atoms with Gasteiger partial charge in [0, 0.05) is 17.6 Å². The Morgan fingerprint density at radius 1 is 1.12 bits per heavy atom. The van der Waals surface area contributed by atoms with Gasteiger partial charge in [0.05, 0.1) is 22.0 Å². The predicted molar refractivity (Wildman–Crippen MR) is 85.3 cm³/mol. The molecule has 0 saturated heterocycles. The standard InChI is InChI=1S/C16H9ClF2N2O3/c17-10-3-1-9(2-4-10)7-20-8-15(21(23)24)16(22)11-5-12(18)13(19)6-14(11)20/h1-6,8H,7H2. The second kappa shape index (κ2) is 6.01. The van der Waals surface area contributed by atoms with Crippen LogP contribution in [-0.4, -0.2) is 9.49 Å². The van der Waals surface area contributed by atoms with E-state index in [1.807, 2.05) is 0 Å². The Labute approximate surface area is 138 Å². The molecule has 122 valence electrons. The molecule has 1 aromatic heterocycles. The first-order valence-corrected chi connectivity index (χ1v) is 7.15. The smallest absolute Gasteiger partial charge is 0.332 e. The van der Waals surface area contributed by atoms with Crippen molar-refractivity contribution in [2.75, 3.05) is 0 Å². The molecule has 0 fully saturated rings. The van der Waals surface area contributed by atoms with Crippen LogP contribution in [0.3, 0.4) is 0 Å². The van der Waals surface area contributed by atoms with E-state index in [2.05, 4.69) is 0 Å². The zero-order chi connectivity index (χ0) is 17.4. The maximum atomic E-state index is 13.6. The van der Waals surface area contributed by atoms with E-state index in [9.17, 15) is 23.7 Å². The van der Waals surface area contributed by atoms with Crippen LogP contribution in [0.5, 0.6) is 0 Å². The van der Waals surface area contributed by atoms with Crippen LogP contribution >= 0.6 is 11.6 Å². The van der Waals surface area contributed by atoms with E-state index in [-0.39, 0.29) is 17.4 Å². The molecule has 0 aliphatic carbocycles. The lowest BCUT2D eigenvalue weighted by Gasteiger charge is -2.11. The Morgan fingerprint density at radius 3 is 2.38 bits per heavy atom. The number of hydrogen-bond donors (Lipinski definition) is 0. The molecule has 0 aliphatic rings. The van der Waals surface area contributed by atoms with Gasteiger partial charge in [0.1, 0.15) is 0 Å². The summed E-state index contributed by atoms with van der Waals surface area (Å²) >= 11 is 5.81. The van der Waals surface area contributed by atoms with Gasteiger partial charge in [-0.15, -0.1) is 0 Å². The zero-order valence-corrected chi connectivity index (χ0v) is 12.8. The van der Waals surface area contributed by atoms with E-state index >= 15 is 0 Å². The highest BCUT2D eigenvalue weighted by Gasteiger charge is 2.19. The van der Waals surface area contributed by atoms with Crippen molar-refractivity contribution >= 4 is 28.2 Å². The normalized spacial score (nSPS) is 11.0. The van der Waals surface area contributed by atoms with Crippen molar-refractivity contribution in [1.82, 2.24) is 4.57 Å². The van der Waals surface area contributed by atoms with Crippen molar-refractivity contribution in [3.63, 3.8) is 0 Å². The highest BCUT2D eigenvalue weighted by molar-refractivity contribution is 6.30. The number of rotatable bonds is 3. The molecular formula is C16H9ClF2N2O3. The summed E-state index contributed by atoms with van der Waals surface area (Å²) in [7, 11) is 0. The molecule has 3 aromatic rings. The molecule has 0 unspecified atom stereocenters. The lowest BCUT2D eigenvalue weighted by Crippen LogP contribution is -2.15. The van der Waals surface area contributed by atoms with Gasteiger partial charge in [0.15, 0.2) is 11.6 Å². The molecule has 0 bridgehead atoms. The first-order chi connectivity index (χ1) is 11.4. The molecule has 0 N–H and O–H groups in total. The lowest BCUT2D eigenvalue weighted by molar-refractivity contribution is -0.386. The monoisotopic (exact) mass is 350 g/mol. The Kier molecular flexibility index (Phi) is 4.02. The fourth-order valence-corrected chi connectivity index (χ4v) is 2.54. The number of benzene rings is 2. The number of hydrogen-bond acceptors (Lipinski definition) is 3. The Balaban J connectivity index is 2.26. The summed E-state index contributed by atoms with van der Waals surface area (Å²) in [6, 6.07) is 8.19. The van der Waals surface area contributed by atoms with Gasteiger partial charge in [-0.2, -0.15) is 0 Å². The van der Waals surface area contributed by atoms with Gasteiger partial charge in [-0.25, -0.2) is 8.78 Å². The van der Waals surface area contributed by atoms with Gasteiger partial charge in [-0.1, -0.05) is 23.7 Å². The lowest BCUT2D eigenvalue weighted by atomic mass is 10.1. The minimum atomic E-state index is -1.24. The average molecular weight is 351 g/mol. The molecule has 8 heteroatoms. The van der Waals surface area contributed by atoms with Gasteiger partial charge in [0.2, 0.25) is 0 Å². The molecule has 1 heterocycles. The van der Waals surface area contributed by atoms with Crippen LogP contribution < -0.4 is 5.43 Å². The highest BCUT2D eigenvalue weighted by atomic mass is 35.5. The Bertz CT molecular complexity index is 1020. The Morgan fingerprint density at radius 2 is 1.75 bits per heavy atom. The third kappa shape index (κ3) is 2.85. The number of fused-ring (bicyclic) bond motifs is 1. The topological polar surface area (TPSA) is 65.1 Å². The minimum Gasteiger partial charge on any atom is -0.337 e.